The Bertz CT molecular complexity index is 1920. The molecule has 0 aliphatic carbocycles. The zero-order valence-corrected chi connectivity index (χ0v) is 23.5. The zero-order valence-electron chi connectivity index (χ0n) is 23.5. The van der Waals surface area contributed by atoms with Crippen molar-refractivity contribution in [2.24, 2.45) is 0 Å². The topological polar surface area (TPSA) is 99.3 Å². The number of benzene rings is 3. The van der Waals surface area contributed by atoms with E-state index in [-0.39, 0.29) is 34.4 Å². The minimum Gasteiger partial charge on any atom is -0.471 e. The average molecular weight is 605 g/mol. The van der Waals surface area contributed by atoms with Gasteiger partial charge in [0.05, 0.1) is 47.6 Å². The molecule has 0 spiro atoms. The van der Waals surface area contributed by atoms with Crippen molar-refractivity contribution in [3.63, 3.8) is 0 Å². The average Bonchev–Trinajstić information content (AvgIpc) is 3.37. The van der Waals surface area contributed by atoms with E-state index in [2.05, 4.69) is 9.97 Å². The lowest BCUT2D eigenvalue weighted by molar-refractivity contribution is 0.0601. The molecule has 44 heavy (non-hydrogen) atoms. The minimum atomic E-state index is -0.884. The second-order valence-corrected chi connectivity index (χ2v) is 9.66. The molecule has 224 valence electrons. The van der Waals surface area contributed by atoms with Crippen LogP contribution in [0, 0.1) is 34.6 Å². The molecule has 0 N–H and O–H groups in total. The maximum absolute atomic E-state index is 15.4. The molecule has 0 radical (unpaired) electrons. The third kappa shape index (κ3) is 6.23. The van der Waals surface area contributed by atoms with Gasteiger partial charge in [-0.15, -0.1) is 0 Å². The molecule has 0 fully saturated rings. The number of fused-ring (bicyclic) bond motifs is 1. The molecule has 2 heterocycles. The summed E-state index contributed by atoms with van der Waals surface area (Å²) in [7, 11) is 2.80. The van der Waals surface area contributed by atoms with Gasteiger partial charge < -0.3 is 18.8 Å². The summed E-state index contributed by atoms with van der Waals surface area (Å²) in [4.78, 5) is 20.6. The Morgan fingerprint density at radius 2 is 1.68 bits per heavy atom. The molecule has 0 aliphatic rings. The van der Waals surface area contributed by atoms with Crippen LogP contribution < -0.4 is 4.74 Å². The van der Waals surface area contributed by atoms with E-state index in [4.69, 9.17) is 19.5 Å². The Kier molecular flexibility index (Phi) is 8.87. The van der Waals surface area contributed by atoms with E-state index in [1.807, 2.05) is 6.07 Å². The SMILES string of the molecule is COCCn1c(Cc2cc(F)c(-c3ccc(F)c(OCc4ccc(C#N)cc4F)n3)cc2F)nc2ccc(C(=O)OC)cc21. The summed E-state index contributed by atoms with van der Waals surface area (Å²) >= 11 is 0. The van der Waals surface area contributed by atoms with Gasteiger partial charge in [0.2, 0.25) is 0 Å². The number of hydrogen-bond donors (Lipinski definition) is 0. The van der Waals surface area contributed by atoms with Gasteiger partial charge in [-0.05, 0) is 60.2 Å². The molecule has 0 atom stereocenters. The smallest absolute Gasteiger partial charge is 0.337 e. The second kappa shape index (κ2) is 12.9. The highest BCUT2D eigenvalue weighted by Crippen LogP contribution is 2.29. The van der Waals surface area contributed by atoms with Crippen molar-refractivity contribution in [1.29, 1.82) is 5.26 Å². The molecule has 0 amide bonds. The number of halogens is 4. The highest BCUT2D eigenvalue weighted by Gasteiger charge is 2.20. The lowest BCUT2D eigenvalue weighted by atomic mass is 10.0. The van der Waals surface area contributed by atoms with Crippen LogP contribution in [0.1, 0.15) is 32.9 Å². The number of ether oxygens (including phenoxy) is 3. The van der Waals surface area contributed by atoms with Crippen LogP contribution in [0.4, 0.5) is 17.6 Å². The maximum Gasteiger partial charge on any atom is 0.337 e. The Morgan fingerprint density at radius 1 is 0.886 bits per heavy atom. The molecule has 0 aliphatic heterocycles. The van der Waals surface area contributed by atoms with Crippen molar-refractivity contribution in [1.82, 2.24) is 14.5 Å². The van der Waals surface area contributed by atoms with Gasteiger partial charge >= 0.3 is 5.97 Å². The largest absolute Gasteiger partial charge is 0.471 e. The number of carbonyl (C=O) groups excluding carboxylic acids is 1. The fourth-order valence-corrected chi connectivity index (χ4v) is 4.63. The molecule has 8 nitrogen and oxygen atoms in total. The van der Waals surface area contributed by atoms with Crippen LogP contribution >= 0.6 is 0 Å². The Morgan fingerprint density at radius 3 is 2.41 bits per heavy atom. The molecule has 2 aromatic heterocycles. The van der Waals surface area contributed by atoms with E-state index in [0.717, 1.165) is 24.3 Å². The molecule has 0 bridgehead atoms. The van der Waals surface area contributed by atoms with Crippen LogP contribution in [0.15, 0.2) is 60.7 Å². The van der Waals surface area contributed by atoms with E-state index in [0.29, 0.717) is 35.6 Å². The Balaban J connectivity index is 1.43. The molecular weight excluding hydrogens is 580 g/mol. The van der Waals surface area contributed by atoms with Crippen LogP contribution in [0.2, 0.25) is 0 Å². The molecular formula is C32H24F4N4O4. The third-order valence-electron chi connectivity index (χ3n) is 6.89. The number of pyridine rings is 1. The number of rotatable bonds is 10. The summed E-state index contributed by atoms with van der Waals surface area (Å²) < 4.78 is 76.6. The number of esters is 1. The maximum atomic E-state index is 15.4. The normalized spacial score (nSPS) is 11.0. The van der Waals surface area contributed by atoms with Gasteiger partial charge in [-0.1, -0.05) is 6.07 Å². The van der Waals surface area contributed by atoms with E-state index < -0.39 is 41.7 Å². The number of hydrogen-bond acceptors (Lipinski definition) is 7. The first-order valence-corrected chi connectivity index (χ1v) is 13.2. The van der Waals surface area contributed by atoms with Gasteiger partial charge in [0.15, 0.2) is 5.82 Å². The lowest BCUT2D eigenvalue weighted by Crippen LogP contribution is -2.10. The summed E-state index contributed by atoms with van der Waals surface area (Å²) in [6, 6.07) is 14.5. The monoisotopic (exact) mass is 604 g/mol. The van der Waals surface area contributed by atoms with Crippen molar-refractivity contribution < 1.29 is 36.6 Å². The van der Waals surface area contributed by atoms with Crippen LogP contribution in [0.5, 0.6) is 5.88 Å². The molecule has 5 rings (SSSR count). The van der Waals surface area contributed by atoms with E-state index in [9.17, 15) is 13.6 Å². The van der Waals surface area contributed by atoms with Gasteiger partial charge in [0, 0.05) is 31.2 Å². The molecule has 12 heteroatoms. The van der Waals surface area contributed by atoms with Gasteiger partial charge in [0.1, 0.15) is 29.9 Å². The number of nitriles is 1. The van der Waals surface area contributed by atoms with Crippen LogP contribution in [-0.2, 0) is 29.0 Å². The Hall–Kier alpha value is -5.28. The molecule has 3 aromatic carbocycles. The van der Waals surface area contributed by atoms with E-state index in [1.54, 1.807) is 22.8 Å². The van der Waals surface area contributed by atoms with Gasteiger partial charge in [-0.3, -0.25) is 0 Å². The predicted molar refractivity (Wildman–Crippen MR) is 151 cm³/mol. The van der Waals surface area contributed by atoms with Crippen LogP contribution in [-0.4, -0.2) is 41.3 Å². The second-order valence-electron chi connectivity index (χ2n) is 9.66. The van der Waals surface area contributed by atoms with Crippen LogP contribution in [0.25, 0.3) is 22.3 Å². The Labute approximate surface area is 249 Å². The summed E-state index contributed by atoms with van der Waals surface area (Å²) in [5.41, 5.74) is 1.27. The van der Waals surface area contributed by atoms with Gasteiger partial charge in [-0.2, -0.15) is 5.26 Å². The molecule has 0 saturated heterocycles. The third-order valence-corrected chi connectivity index (χ3v) is 6.89. The minimum absolute atomic E-state index is 0.00305. The highest BCUT2D eigenvalue weighted by atomic mass is 19.1. The number of aromatic nitrogens is 3. The fraction of sp³-hybridized carbons (Fsp3) is 0.188. The fourth-order valence-electron chi connectivity index (χ4n) is 4.63. The summed E-state index contributed by atoms with van der Waals surface area (Å²) in [5.74, 6) is -3.83. The van der Waals surface area contributed by atoms with Crippen molar-refractivity contribution in [3.8, 4) is 23.2 Å². The molecule has 0 unspecified atom stereocenters. The quantitative estimate of drug-likeness (QED) is 0.140. The first-order valence-electron chi connectivity index (χ1n) is 13.2. The molecule has 0 saturated carbocycles. The van der Waals surface area contributed by atoms with Gasteiger partial charge in [0.25, 0.3) is 5.88 Å². The number of carbonyl (C=O) groups is 1. The van der Waals surface area contributed by atoms with Gasteiger partial charge in [-0.25, -0.2) is 32.3 Å². The van der Waals surface area contributed by atoms with Crippen molar-refractivity contribution in [3.05, 3.63) is 112 Å². The number of imidazole rings is 1. The first kappa shape index (κ1) is 30.2. The van der Waals surface area contributed by atoms with E-state index >= 15 is 8.78 Å². The predicted octanol–water partition coefficient (Wildman–Crippen LogP) is 6.13. The van der Waals surface area contributed by atoms with Crippen molar-refractivity contribution in [2.75, 3.05) is 20.8 Å². The number of methoxy groups -OCH3 is 2. The summed E-state index contributed by atoms with van der Waals surface area (Å²) in [6.07, 6.45) is -0.0870. The zero-order chi connectivity index (χ0) is 31.4. The first-order chi connectivity index (χ1) is 21.2. The summed E-state index contributed by atoms with van der Waals surface area (Å²) in [5, 5.41) is 8.89. The number of nitrogens with zero attached hydrogens (tertiary/aromatic N) is 4. The summed E-state index contributed by atoms with van der Waals surface area (Å²) in [6.45, 7) is 0.227. The lowest BCUT2D eigenvalue weighted by Gasteiger charge is -2.12. The highest BCUT2D eigenvalue weighted by molar-refractivity contribution is 5.93. The van der Waals surface area contributed by atoms with E-state index in [1.165, 1.54) is 32.4 Å². The standard InChI is InChI=1S/C32H24F4N4O4/c1-42-10-9-40-29-13-19(32(41)43-2)5-7-28(29)38-30(40)14-21-12-26(36)22(15-25(21)35)27-8-6-23(33)31(39-27)44-17-20-4-3-18(16-37)11-24(20)34/h3-8,11-13,15H,9-10,14,17H2,1-2H3. The van der Waals surface area contributed by atoms with Crippen molar-refractivity contribution >= 4 is 17.0 Å². The van der Waals surface area contributed by atoms with Crippen molar-refractivity contribution in [2.45, 2.75) is 19.6 Å². The van der Waals surface area contributed by atoms with Crippen LogP contribution in [0.3, 0.4) is 0 Å². The molecule has 5 aromatic rings.